The van der Waals surface area contributed by atoms with Crippen LogP contribution in [0.1, 0.15) is 11.6 Å². The highest BCUT2D eigenvalue weighted by Gasteiger charge is 2.35. The van der Waals surface area contributed by atoms with Gasteiger partial charge in [0.1, 0.15) is 12.4 Å². The van der Waals surface area contributed by atoms with Crippen LogP contribution in [0.25, 0.3) is 0 Å². The monoisotopic (exact) mass is 269 g/mol. The van der Waals surface area contributed by atoms with Gasteiger partial charge in [0.2, 0.25) is 0 Å². The van der Waals surface area contributed by atoms with E-state index in [1.54, 1.807) is 12.0 Å². The Morgan fingerprint density at radius 2 is 1.80 bits per heavy atom. The summed E-state index contributed by atoms with van der Waals surface area (Å²) in [6.45, 7) is 0.370. The average molecular weight is 269 g/mol. The van der Waals surface area contributed by atoms with Gasteiger partial charge in [-0.15, -0.1) is 0 Å². The number of hydrogen-bond donors (Lipinski definition) is 0. The molecule has 0 saturated carbocycles. The van der Waals surface area contributed by atoms with E-state index in [9.17, 15) is 4.79 Å². The van der Waals surface area contributed by atoms with E-state index in [1.165, 1.54) is 0 Å². The molecule has 0 N–H and O–H groups in total. The SMILES string of the molecule is COc1ccc(N2C(=O)OCC2c2ccccc2)cc1. The summed E-state index contributed by atoms with van der Waals surface area (Å²) in [5.74, 6) is 0.762. The van der Waals surface area contributed by atoms with Gasteiger partial charge in [-0.1, -0.05) is 30.3 Å². The summed E-state index contributed by atoms with van der Waals surface area (Å²) in [7, 11) is 1.62. The lowest BCUT2D eigenvalue weighted by Gasteiger charge is -2.21. The van der Waals surface area contributed by atoms with Gasteiger partial charge < -0.3 is 9.47 Å². The number of hydrogen-bond acceptors (Lipinski definition) is 3. The van der Waals surface area contributed by atoms with Gasteiger partial charge in [0.25, 0.3) is 0 Å². The molecule has 0 radical (unpaired) electrons. The van der Waals surface area contributed by atoms with Crippen LogP contribution in [-0.4, -0.2) is 19.8 Å². The summed E-state index contributed by atoms with van der Waals surface area (Å²) in [4.78, 5) is 13.7. The molecule has 1 aliphatic heterocycles. The minimum absolute atomic E-state index is 0.0860. The first-order chi connectivity index (χ1) is 9.79. The van der Waals surface area contributed by atoms with Gasteiger partial charge in [0.05, 0.1) is 13.2 Å². The van der Waals surface area contributed by atoms with Crippen LogP contribution in [-0.2, 0) is 4.74 Å². The van der Waals surface area contributed by atoms with E-state index in [4.69, 9.17) is 9.47 Å². The zero-order valence-electron chi connectivity index (χ0n) is 11.2. The molecule has 3 rings (SSSR count). The number of anilines is 1. The maximum Gasteiger partial charge on any atom is 0.415 e. The highest BCUT2D eigenvalue weighted by molar-refractivity contribution is 5.90. The van der Waals surface area contributed by atoms with Crippen LogP contribution in [0.5, 0.6) is 5.75 Å². The molecular formula is C16H15NO3. The molecule has 1 aliphatic rings. The molecule has 1 heterocycles. The van der Waals surface area contributed by atoms with E-state index < -0.39 is 0 Å². The van der Waals surface area contributed by atoms with Crippen molar-refractivity contribution >= 4 is 11.8 Å². The molecule has 0 bridgehead atoms. The van der Waals surface area contributed by atoms with Crippen molar-refractivity contribution in [1.29, 1.82) is 0 Å². The van der Waals surface area contributed by atoms with Crippen molar-refractivity contribution in [3.05, 3.63) is 60.2 Å². The van der Waals surface area contributed by atoms with E-state index in [1.807, 2.05) is 54.6 Å². The molecule has 1 unspecified atom stereocenters. The van der Waals surface area contributed by atoms with Gasteiger partial charge in [-0.25, -0.2) is 4.79 Å². The van der Waals surface area contributed by atoms with Gasteiger partial charge >= 0.3 is 6.09 Å². The number of cyclic esters (lactones) is 1. The Morgan fingerprint density at radius 3 is 2.45 bits per heavy atom. The highest BCUT2D eigenvalue weighted by atomic mass is 16.6. The summed E-state index contributed by atoms with van der Waals surface area (Å²) in [6, 6.07) is 17.2. The molecule has 0 spiro atoms. The predicted molar refractivity (Wildman–Crippen MR) is 76.0 cm³/mol. The first kappa shape index (κ1) is 12.5. The minimum Gasteiger partial charge on any atom is -0.497 e. The van der Waals surface area contributed by atoms with Gasteiger partial charge in [-0.3, -0.25) is 4.90 Å². The summed E-state index contributed by atoms with van der Waals surface area (Å²) in [5, 5.41) is 0. The summed E-state index contributed by atoms with van der Waals surface area (Å²) in [6.07, 6.45) is -0.316. The third-order valence-electron chi connectivity index (χ3n) is 3.41. The van der Waals surface area contributed by atoms with Crippen LogP contribution < -0.4 is 9.64 Å². The standard InChI is InChI=1S/C16H15NO3/c1-19-14-9-7-13(8-10-14)17-15(11-20-16(17)18)12-5-3-2-4-6-12/h2-10,15H,11H2,1H3. The van der Waals surface area contributed by atoms with Gasteiger partial charge in [0.15, 0.2) is 0 Å². The molecule has 2 aromatic carbocycles. The van der Waals surface area contributed by atoms with Crippen molar-refractivity contribution in [1.82, 2.24) is 0 Å². The zero-order valence-corrected chi connectivity index (χ0v) is 11.2. The Labute approximate surface area is 117 Å². The number of benzene rings is 2. The average Bonchev–Trinajstić information content (AvgIpc) is 2.90. The van der Waals surface area contributed by atoms with Crippen molar-refractivity contribution in [2.45, 2.75) is 6.04 Å². The first-order valence-corrected chi connectivity index (χ1v) is 6.44. The van der Waals surface area contributed by atoms with Crippen molar-refractivity contribution in [3.8, 4) is 5.75 Å². The van der Waals surface area contributed by atoms with Crippen molar-refractivity contribution in [2.75, 3.05) is 18.6 Å². The predicted octanol–water partition coefficient (Wildman–Crippen LogP) is 3.39. The first-order valence-electron chi connectivity index (χ1n) is 6.44. The molecule has 0 aromatic heterocycles. The molecule has 0 aliphatic carbocycles. The van der Waals surface area contributed by atoms with E-state index in [0.717, 1.165) is 17.0 Å². The Balaban J connectivity index is 1.94. The Bertz CT molecular complexity index is 595. The fourth-order valence-corrected chi connectivity index (χ4v) is 2.37. The molecule has 1 saturated heterocycles. The summed E-state index contributed by atoms with van der Waals surface area (Å²) in [5.41, 5.74) is 1.87. The smallest absolute Gasteiger partial charge is 0.415 e. The fraction of sp³-hybridized carbons (Fsp3) is 0.188. The van der Waals surface area contributed by atoms with E-state index >= 15 is 0 Å². The van der Waals surface area contributed by atoms with Crippen molar-refractivity contribution < 1.29 is 14.3 Å². The molecular weight excluding hydrogens is 254 g/mol. The van der Waals surface area contributed by atoms with Crippen LogP contribution in [0.3, 0.4) is 0 Å². The molecule has 102 valence electrons. The topological polar surface area (TPSA) is 38.8 Å². The van der Waals surface area contributed by atoms with Crippen LogP contribution in [0.4, 0.5) is 10.5 Å². The summed E-state index contributed by atoms with van der Waals surface area (Å²) >= 11 is 0. The Morgan fingerprint density at radius 1 is 1.10 bits per heavy atom. The molecule has 2 aromatic rings. The van der Waals surface area contributed by atoms with E-state index in [0.29, 0.717) is 6.61 Å². The molecule has 1 atom stereocenters. The third kappa shape index (κ3) is 2.20. The number of carbonyl (C=O) groups excluding carboxylic acids is 1. The van der Waals surface area contributed by atoms with Crippen molar-refractivity contribution in [3.63, 3.8) is 0 Å². The van der Waals surface area contributed by atoms with Crippen LogP contribution >= 0.6 is 0 Å². The highest BCUT2D eigenvalue weighted by Crippen LogP contribution is 2.33. The number of methoxy groups -OCH3 is 1. The Hall–Kier alpha value is -2.49. The molecule has 1 fully saturated rings. The number of rotatable bonds is 3. The van der Waals surface area contributed by atoms with E-state index in [-0.39, 0.29) is 12.1 Å². The van der Waals surface area contributed by atoms with Gasteiger partial charge in [0, 0.05) is 5.69 Å². The number of ether oxygens (including phenoxy) is 2. The lowest BCUT2D eigenvalue weighted by atomic mass is 10.1. The molecule has 20 heavy (non-hydrogen) atoms. The maximum atomic E-state index is 12.0. The molecule has 1 amide bonds. The van der Waals surface area contributed by atoms with Crippen LogP contribution in [0.2, 0.25) is 0 Å². The normalized spacial score (nSPS) is 17.9. The number of nitrogens with zero attached hydrogens (tertiary/aromatic N) is 1. The second kappa shape index (κ2) is 5.25. The van der Waals surface area contributed by atoms with Gasteiger partial charge in [-0.05, 0) is 29.8 Å². The lowest BCUT2D eigenvalue weighted by Crippen LogP contribution is -2.27. The van der Waals surface area contributed by atoms with Gasteiger partial charge in [-0.2, -0.15) is 0 Å². The number of amides is 1. The Kier molecular flexibility index (Phi) is 3.29. The van der Waals surface area contributed by atoms with Crippen molar-refractivity contribution in [2.24, 2.45) is 0 Å². The van der Waals surface area contributed by atoms with Crippen LogP contribution in [0, 0.1) is 0 Å². The quantitative estimate of drug-likeness (QED) is 0.857. The molecule has 4 heteroatoms. The zero-order chi connectivity index (χ0) is 13.9. The maximum absolute atomic E-state index is 12.0. The molecule has 4 nitrogen and oxygen atoms in total. The van der Waals surface area contributed by atoms with E-state index in [2.05, 4.69) is 0 Å². The second-order valence-electron chi connectivity index (χ2n) is 4.57. The largest absolute Gasteiger partial charge is 0.497 e. The number of carbonyl (C=O) groups is 1. The third-order valence-corrected chi connectivity index (χ3v) is 3.41. The second-order valence-corrected chi connectivity index (χ2v) is 4.57. The lowest BCUT2D eigenvalue weighted by molar-refractivity contribution is 0.179. The summed E-state index contributed by atoms with van der Waals surface area (Å²) < 4.78 is 10.3. The van der Waals surface area contributed by atoms with Crippen LogP contribution in [0.15, 0.2) is 54.6 Å². The fourth-order valence-electron chi connectivity index (χ4n) is 2.37. The minimum atomic E-state index is -0.316.